The topological polar surface area (TPSA) is 69.6 Å². The molecule has 0 bridgehead atoms. The predicted molar refractivity (Wildman–Crippen MR) is 87.3 cm³/mol. The van der Waals surface area contributed by atoms with Crippen LogP contribution in [-0.4, -0.2) is 34.6 Å². The van der Waals surface area contributed by atoms with Crippen LogP contribution >= 0.6 is 34.2 Å². The van der Waals surface area contributed by atoms with Crippen molar-refractivity contribution in [2.45, 2.75) is 26.3 Å². The normalized spacial score (nSPS) is 11.8. The van der Waals surface area contributed by atoms with Crippen molar-refractivity contribution in [3.8, 4) is 0 Å². The molecule has 1 unspecified atom stereocenters. The van der Waals surface area contributed by atoms with E-state index in [1.54, 1.807) is 25.1 Å². The average molecular weight is 411 g/mol. The fraction of sp³-hybridized carbons (Fsp3) is 0.385. The number of nitrogens with one attached hydrogen (secondary N) is 1. The number of urea groups is 1. The Balaban J connectivity index is 2.79. The quantitative estimate of drug-likeness (QED) is 0.728. The van der Waals surface area contributed by atoms with Crippen LogP contribution in [0.15, 0.2) is 18.2 Å². The number of benzene rings is 1. The van der Waals surface area contributed by atoms with Gasteiger partial charge >= 0.3 is 12.0 Å². The third-order valence-electron chi connectivity index (χ3n) is 2.78. The molecule has 0 heterocycles. The smallest absolute Gasteiger partial charge is 0.322 e. The van der Waals surface area contributed by atoms with E-state index in [4.69, 9.17) is 16.7 Å². The largest absolute Gasteiger partial charge is 0.481 e. The lowest BCUT2D eigenvalue weighted by atomic mass is 10.2. The molecule has 0 aromatic heterocycles. The van der Waals surface area contributed by atoms with Gasteiger partial charge < -0.3 is 15.3 Å². The molecule has 20 heavy (non-hydrogen) atoms. The Labute approximate surface area is 136 Å². The molecule has 0 aliphatic heterocycles. The van der Waals surface area contributed by atoms with Gasteiger partial charge in [-0.3, -0.25) is 4.79 Å². The van der Waals surface area contributed by atoms with E-state index in [0.29, 0.717) is 17.3 Å². The molecule has 5 nitrogen and oxygen atoms in total. The number of halogens is 2. The summed E-state index contributed by atoms with van der Waals surface area (Å²) in [6.45, 7) is 3.96. The molecular weight excluding hydrogens is 395 g/mol. The van der Waals surface area contributed by atoms with Crippen molar-refractivity contribution < 1.29 is 14.7 Å². The minimum atomic E-state index is -0.926. The summed E-state index contributed by atoms with van der Waals surface area (Å²) in [5, 5.41) is 12.2. The summed E-state index contributed by atoms with van der Waals surface area (Å²) in [5.74, 6) is -0.926. The zero-order chi connectivity index (χ0) is 15.3. The Morgan fingerprint density at radius 2 is 2.15 bits per heavy atom. The van der Waals surface area contributed by atoms with Crippen LogP contribution in [0.4, 0.5) is 10.5 Å². The highest BCUT2D eigenvalue weighted by Gasteiger charge is 2.21. The Bertz CT molecular complexity index is 510. The Kier molecular flexibility index (Phi) is 6.54. The first-order valence-electron chi connectivity index (χ1n) is 6.09. The van der Waals surface area contributed by atoms with E-state index in [2.05, 4.69) is 27.9 Å². The molecule has 2 amide bonds. The van der Waals surface area contributed by atoms with Crippen molar-refractivity contribution >= 4 is 51.9 Å². The summed E-state index contributed by atoms with van der Waals surface area (Å²) in [5.41, 5.74) is 0.654. The number of carboxylic acid groups (broad SMARTS) is 1. The first-order chi connectivity index (χ1) is 9.35. The van der Waals surface area contributed by atoms with Gasteiger partial charge in [-0.1, -0.05) is 11.6 Å². The molecule has 110 valence electrons. The number of nitrogens with zero attached hydrogens (tertiary/aromatic N) is 1. The maximum absolute atomic E-state index is 12.2. The van der Waals surface area contributed by atoms with Crippen molar-refractivity contribution in [3.63, 3.8) is 0 Å². The van der Waals surface area contributed by atoms with Crippen molar-refractivity contribution in [2.75, 3.05) is 11.9 Å². The molecule has 0 aliphatic carbocycles. The fourth-order valence-corrected chi connectivity index (χ4v) is 2.80. The second kappa shape index (κ2) is 7.68. The number of rotatable bonds is 5. The van der Waals surface area contributed by atoms with E-state index in [1.807, 2.05) is 6.92 Å². The Hall–Kier alpha value is -1.02. The number of hydrogen-bond donors (Lipinski definition) is 2. The molecular formula is C13H16ClIN2O3. The van der Waals surface area contributed by atoms with Gasteiger partial charge in [-0.2, -0.15) is 0 Å². The number of anilines is 1. The Morgan fingerprint density at radius 3 is 2.65 bits per heavy atom. The lowest BCUT2D eigenvalue weighted by Gasteiger charge is -2.27. The number of aliphatic carboxylic acids is 1. The minimum Gasteiger partial charge on any atom is -0.481 e. The number of carbonyl (C=O) groups excluding carboxylic acids is 1. The predicted octanol–water partition coefficient (Wildman–Crippen LogP) is 3.66. The number of amides is 2. The lowest BCUT2D eigenvalue weighted by molar-refractivity contribution is -0.137. The maximum atomic E-state index is 12.2. The van der Waals surface area contributed by atoms with Crippen molar-refractivity contribution in [2.24, 2.45) is 0 Å². The highest BCUT2D eigenvalue weighted by atomic mass is 127. The van der Waals surface area contributed by atoms with Crippen LogP contribution in [0.5, 0.6) is 0 Å². The van der Waals surface area contributed by atoms with E-state index in [-0.39, 0.29) is 18.5 Å². The van der Waals surface area contributed by atoms with Gasteiger partial charge in [-0.15, -0.1) is 0 Å². The molecule has 1 aromatic rings. The SMILES string of the molecule is CCN(C(=O)Nc1ccc(Cl)cc1I)C(C)CC(=O)O. The summed E-state index contributed by atoms with van der Waals surface area (Å²) in [7, 11) is 0. The van der Waals surface area contributed by atoms with Crippen LogP contribution in [0, 0.1) is 3.57 Å². The van der Waals surface area contributed by atoms with Gasteiger partial charge in [0.25, 0.3) is 0 Å². The molecule has 0 saturated heterocycles. The number of carboxylic acids is 1. The van der Waals surface area contributed by atoms with E-state index in [9.17, 15) is 9.59 Å². The number of carbonyl (C=O) groups is 2. The zero-order valence-electron chi connectivity index (χ0n) is 11.2. The summed E-state index contributed by atoms with van der Waals surface area (Å²) >= 11 is 7.94. The van der Waals surface area contributed by atoms with Gasteiger partial charge in [-0.25, -0.2) is 4.79 Å². The van der Waals surface area contributed by atoms with Crippen LogP contribution < -0.4 is 5.32 Å². The molecule has 2 N–H and O–H groups in total. The molecule has 0 spiro atoms. The number of hydrogen-bond acceptors (Lipinski definition) is 2. The van der Waals surface area contributed by atoms with Crippen LogP contribution in [0.1, 0.15) is 20.3 Å². The first kappa shape index (κ1) is 17.0. The summed E-state index contributed by atoms with van der Waals surface area (Å²) < 4.78 is 0.824. The summed E-state index contributed by atoms with van der Waals surface area (Å²) in [6, 6.07) is 4.46. The van der Waals surface area contributed by atoms with E-state index < -0.39 is 5.97 Å². The van der Waals surface area contributed by atoms with Gasteiger partial charge in [0.2, 0.25) is 0 Å². The molecule has 1 rings (SSSR count). The monoisotopic (exact) mass is 410 g/mol. The highest BCUT2D eigenvalue weighted by molar-refractivity contribution is 14.1. The van der Waals surface area contributed by atoms with Gasteiger partial charge in [0.05, 0.1) is 12.1 Å². The molecule has 1 aromatic carbocycles. The van der Waals surface area contributed by atoms with Crippen LogP contribution in [0.25, 0.3) is 0 Å². The van der Waals surface area contributed by atoms with Gasteiger partial charge in [-0.05, 0) is 54.6 Å². The van der Waals surface area contributed by atoms with E-state index >= 15 is 0 Å². The van der Waals surface area contributed by atoms with Crippen LogP contribution in [-0.2, 0) is 4.79 Å². The van der Waals surface area contributed by atoms with E-state index in [0.717, 1.165) is 3.57 Å². The lowest BCUT2D eigenvalue weighted by Crippen LogP contribution is -2.42. The standard InChI is InChI=1S/C13H16ClIN2O3/c1-3-17(8(2)6-12(18)19)13(20)16-11-5-4-9(14)7-10(11)15/h4-5,7-8H,3,6H2,1-2H3,(H,16,20)(H,18,19). The molecule has 7 heteroatoms. The third-order valence-corrected chi connectivity index (χ3v) is 3.90. The summed E-state index contributed by atoms with van der Waals surface area (Å²) in [4.78, 5) is 24.4. The minimum absolute atomic E-state index is 0.0844. The third kappa shape index (κ3) is 4.82. The first-order valence-corrected chi connectivity index (χ1v) is 7.55. The molecule has 0 saturated carbocycles. The average Bonchev–Trinajstić information content (AvgIpc) is 2.32. The van der Waals surface area contributed by atoms with Gasteiger partial charge in [0.1, 0.15) is 0 Å². The molecule has 0 fully saturated rings. The van der Waals surface area contributed by atoms with Crippen molar-refractivity contribution in [3.05, 3.63) is 26.8 Å². The van der Waals surface area contributed by atoms with Crippen molar-refractivity contribution in [1.29, 1.82) is 0 Å². The van der Waals surface area contributed by atoms with Crippen molar-refractivity contribution in [1.82, 2.24) is 4.90 Å². The molecule has 1 atom stereocenters. The Morgan fingerprint density at radius 1 is 1.50 bits per heavy atom. The second-order valence-electron chi connectivity index (χ2n) is 4.29. The maximum Gasteiger partial charge on any atom is 0.322 e. The second-order valence-corrected chi connectivity index (χ2v) is 5.89. The molecule has 0 aliphatic rings. The molecule has 0 radical (unpaired) electrons. The summed E-state index contributed by atoms with van der Waals surface area (Å²) in [6.07, 6.45) is -0.0844. The van der Waals surface area contributed by atoms with E-state index in [1.165, 1.54) is 4.90 Å². The van der Waals surface area contributed by atoms with Gasteiger partial charge in [0, 0.05) is 21.2 Å². The van der Waals surface area contributed by atoms with Gasteiger partial charge in [0.15, 0.2) is 0 Å². The zero-order valence-corrected chi connectivity index (χ0v) is 14.1. The highest BCUT2D eigenvalue weighted by Crippen LogP contribution is 2.22. The van der Waals surface area contributed by atoms with Crippen LogP contribution in [0.3, 0.4) is 0 Å². The fourth-order valence-electron chi connectivity index (χ4n) is 1.80. The van der Waals surface area contributed by atoms with Crippen LogP contribution in [0.2, 0.25) is 5.02 Å².